The van der Waals surface area contributed by atoms with Crippen LogP contribution in [0.1, 0.15) is 5.89 Å². The third-order valence-corrected chi connectivity index (χ3v) is 5.11. The van der Waals surface area contributed by atoms with Crippen LogP contribution in [-0.2, 0) is 11.3 Å². The normalized spacial score (nSPS) is 18.7. The first-order valence-corrected chi connectivity index (χ1v) is 9.49. The van der Waals surface area contributed by atoms with E-state index >= 15 is 0 Å². The lowest BCUT2D eigenvalue weighted by atomic mass is 10.2. The number of nitrogens with zero attached hydrogens (tertiary/aromatic N) is 5. The molecule has 27 heavy (non-hydrogen) atoms. The maximum absolute atomic E-state index is 12.5. The van der Waals surface area contributed by atoms with Crippen molar-refractivity contribution >= 4 is 17.6 Å². The molecule has 1 aromatic heterocycles. The number of benzene rings is 1. The number of hydrogen-bond acceptors (Lipinski definition) is 6. The maximum Gasteiger partial charge on any atom is 0.320 e. The molecular weight excluding hydrogens is 370 g/mol. The number of aromatic nitrogens is 2. The monoisotopic (exact) mass is 391 g/mol. The van der Waals surface area contributed by atoms with E-state index in [1.54, 1.807) is 12.1 Å². The number of carbonyl (C=O) groups excluding carboxylic acids is 1. The third-order valence-electron chi connectivity index (χ3n) is 4.85. The fourth-order valence-corrected chi connectivity index (χ4v) is 3.40. The highest BCUT2D eigenvalue weighted by Gasteiger charge is 2.27. The van der Waals surface area contributed by atoms with Crippen molar-refractivity contribution in [2.24, 2.45) is 0 Å². The van der Waals surface area contributed by atoms with Crippen LogP contribution in [-0.4, -0.2) is 83.4 Å². The van der Waals surface area contributed by atoms with Gasteiger partial charge in [0.05, 0.1) is 19.8 Å². The standard InChI is InChI=1S/C18H22ClN5O3/c19-15-3-1-14(2-4-15)17-20-16(27-21-17)13-22-5-7-23(8-6-22)18(25)24-9-11-26-12-10-24/h1-4H,5-13H2. The molecule has 2 aliphatic rings. The number of ether oxygens (including phenoxy) is 1. The molecule has 8 nitrogen and oxygen atoms in total. The topological polar surface area (TPSA) is 74.9 Å². The van der Waals surface area contributed by atoms with Gasteiger partial charge in [-0.1, -0.05) is 16.8 Å². The molecule has 2 aliphatic heterocycles. The number of morpholine rings is 1. The van der Waals surface area contributed by atoms with Crippen LogP contribution in [0.4, 0.5) is 4.79 Å². The molecule has 0 aliphatic carbocycles. The zero-order chi connectivity index (χ0) is 18.6. The second kappa shape index (κ2) is 8.24. The molecule has 0 atom stereocenters. The Hall–Kier alpha value is -2.16. The predicted molar refractivity (Wildman–Crippen MR) is 99.4 cm³/mol. The van der Waals surface area contributed by atoms with Crippen LogP contribution >= 0.6 is 11.6 Å². The molecule has 2 aromatic rings. The number of rotatable bonds is 3. The maximum atomic E-state index is 12.5. The van der Waals surface area contributed by atoms with Gasteiger partial charge < -0.3 is 19.1 Å². The Labute approximate surface area is 162 Å². The van der Waals surface area contributed by atoms with Gasteiger partial charge in [-0.05, 0) is 24.3 Å². The largest absolute Gasteiger partial charge is 0.378 e. The van der Waals surface area contributed by atoms with Crippen LogP contribution in [0.25, 0.3) is 11.4 Å². The SMILES string of the molecule is O=C(N1CCOCC1)N1CCN(Cc2nc(-c3ccc(Cl)cc3)no2)CC1. The van der Waals surface area contributed by atoms with Gasteiger partial charge in [-0.25, -0.2) is 4.79 Å². The number of amides is 2. The van der Waals surface area contributed by atoms with E-state index in [4.69, 9.17) is 20.9 Å². The number of piperazine rings is 1. The highest BCUT2D eigenvalue weighted by molar-refractivity contribution is 6.30. The predicted octanol–water partition coefficient (Wildman–Crippen LogP) is 1.96. The molecule has 2 fully saturated rings. The number of halogens is 1. The minimum atomic E-state index is 0.112. The van der Waals surface area contributed by atoms with E-state index in [-0.39, 0.29) is 6.03 Å². The summed E-state index contributed by atoms with van der Waals surface area (Å²) in [5.74, 6) is 1.13. The molecule has 0 saturated carbocycles. The second-order valence-electron chi connectivity index (χ2n) is 6.66. The van der Waals surface area contributed by atoms with Gasteiger partial charge in [-0.2, -0.15) is 4.98 Å². The van der Waals surface area contributed by atoms with Crippen molar-refractivity contribution in [2.75, 3.05) is 52.5 Å². The van der Waals surface area contributed by atoms with Crippen LogP contribution in [0, 0.1) is 0 Å². The third kappa shape index (κ3) is 4.40. The average molecular weight is 392 g/mol. The van der Waals surface area contributed by atoms with Gasteiger partial charge in [0.2, 0.25) is 11.7 Å². The first kappa shape index (κ1) is 18.2. The smallest absolute Gasteiger partial charge is 0.320 e. The second-order valence-corrected chi connectivity index (χ2v) is 7.10. The van der Waals surface area contributed by atoms with Crippen molar-refractivity contribution in [3.8, 4) is 11.4 Å². The number of carbonyl (C=O) groups is 1. The number of urea groups is 1. The number of hydrogen-bond donors (Lipinski definition) is 0. The Morgan fingerprint density at radius 1 is 1.00 bits per heavy atom. The molecule has 0 N–H and O–H groups in total. The van der Waals surface area contributed by atoms with Crippen molar-refractivity contribution < 1.29 is 14.1 Å². The van der Waals surface area contributed by atoms with Gasteiger partial charge in [0, 0.05) is 49.9 Å². The van der Waals surface area contributed by atoms with Crippen molar-refractivity contribution in [3.05, 3.63) is 35.2 Å². The highest BCUT2D eigenvalue weighted by Crippen LogP contribution is 2.19. The van der Waals surface area contributed by atoms with Gasteiger partial charge in [0.15, 0.2) is 0 Å². The molecule has 2 saturated heterocycles. The van der Waals surface area contributed by atoms with E-state index < -0.39 is 0 Å². The molecule has 9 heteroatoms. The first-order chi connectivity index (χ1) is 13.2. The molecule has 0 bridgehead atoms. The summed E-state index contributed by atoms with van der Waals surface area (Å²) in [6.07, 6.45) is 0. The highest BCUT2D eigenvalue weighted by atomic mass is 35.5. The van der Waals surface area contributed by atoms with Crippen LogP contribution < -0.4 is 0 Å². The molecular formula is C18H22ClN5O3. The Morgan fingerprint density at radius 3 is 2.37 bits per heavy atom. The zero-order valence-electron chi connectivity index (χ0n) is 15.0. The van der Waals surface area contributed by atoms with Crippen LogP contribution in [0.15, 0.2) is 28.8 Å². The summed E-state index contributed by atoms with van der Waals surface area (Å²) in [6.45, 7) is 6.16. The van der Waals surface area contributed by atoms with Crippen LogP contribution in [0.3, 0.4) is 0 Å². The summed E-state index contributed by atoms with van der Waals surface area (Å²) < 4.78 is 10.7. The van der Waals surface area contributed by atoms with E-state index in [0.717, 1.165) is 18.7 Å². The molecule has 144 valence electrons. The van der Waals surface area contributed by atoms with Crippen molar-refractivity contribution in [3.63, 3.8) is 0 Å². The summed E-state index contributed by atoms with van der Waals surface area (Å²) in [7, 11) is 0. The summed E-state index contributed by atoms with van der Waals surface area (Å²) in [6, 6.07) is 7.45. The molecule has 4 rings (SSSR count). The van der Waals surface area contributed by atoms with Gasteiger partial charge in [-0.3, -0.25) is 4.90 Å². The van der Waals surface area contributed by atoms with E-state index in [0.29, 0.717) is 62.7 Å². The Morgan fingerprint density at radius 2 is 1.67 bits per heavy atom. The molecule has 0 spiro atoms. The van der Waals surface area contributed by atoms with E-state index in [1.807, 2.05) is 21.9 Å². The quantitative estimate of drug-likeness (QED) is 0.796. The van der Waals surface area contributed by atoms with Crippen LogP contribution in [0.2, 0.25) is 5.02 Å². The van der Waals surface area contributed by atoms with E-state index in [9.17, 15) is 4.79 Å². The molecule has 1 aromatic carbocycles. The van der Waals surface area contributed by atoms with Crippen molar-refractivity contribution in [2.45, 2.75) is 6.54 Å². The minimum Gasteiger partial charge on any atom is -0.378 e. The van der Waals surface area contributed by atoms with Crippen molar-refractivity contribution in [1.82, 2.24) is 24.8 Å². The molecule has 0 unspecified atom stereocenters. The summed E-state index contributed by atoms with van der Waals surface area (Å²) in [5.41, 5.74) is 0.871. The zero-order valence-corrected chi connectivity index (χ0v) is 15.8. The Kier molecular flexibility index (Phi) is 5.56. The lowest BCUT2D eigenvalue weighted by Gasteiger charge is -2.38. The van der Waals surface area contributed by atoms with Gasteiger partial charge in [0.1, 0.15) is 0 Å². The van der Waals surface area contributed by atoms with E-state index in [2.05, 4.69) is 15.0 Å². The van der Waals surface area contributed by atoms with E-state index in [1.165, 1.54) is 0 Å². The average Bonchev–Trinajstić information content (AvgIpc) is 3.18. The van der Waals surface area contributed by atoms with Gasteiger partial charge >= 0.3 is 6.03 Å². The fraction of sp³-hybridized carbons (Fsp3) is 0.500. The molecule has 2 amide bonds. The minimum absolute atomic E-state index is 0.112. The van der Waals surface area contributed by atoms with Gasteiger partial charge in [0.25, 0.3) is 0 Å². The Balaban J connectivity index is 1.29. The summed E-state index contributed by atoms with van der Waals surface area (Å²) >= 11 is 5.91. The summed E-state index contributed by atoms with van der Waals surface area (Å²) in [4.78, 5) is 23.0. The lowest BCUT2D eigenvalue weighted by Crippen LogP contribution is -2.54. The summed E-state index contributed by atoms with van der Waals surface area (Å²) in [5, 5.41) is 4.72. The molecule has 3 heterocycles. The Bertz CT molecular complexity index is 768. The molecule has 0 radical (unpaired) electrons. The van der Waals surface area contributed by atoms with Gasteiger partial charge in [-0.15, -0.1) is 0 Å². The fourth-order valence-electron chi connectivity index (χ4n) is 3.28. The lowest BCUT2D eigenvalue weighted by molar-refractivity contribution is 0.0367. The first-order valence-electron chi connectivity index (χ1n) is 9.11. The van der Waals surface area contributed by atoms with Crippen LogP contribution in [0.5, 0.6) is 0 Å². The van der Waals surface area contributed by atoms with Crippen molar-refractivity contribution in [1.29, 1.82) is 0 Å².